The highest BCUT2D eigenvalue weighted by atomic mass is 79.9. The van der Waals surface area contributed by atoms with Gasteiger partial charge in [-0.3, -0.25) is 4.79 Å². The molecule has 12 nitrogen and oxygen atoms in total. The molecule has 16 heteroatoms. The van der Waals surface area contributed by atoms with Crippen molar-refractivity contribution in [2.24, 2.45) is 5.92 Å². The summed E-state index contributed by atoms with van der Waals surface area (Å²) in [6.45, 7) is 15.4. The van der Waals surface area contributed by atoms with Crippen molar-refractivity contribution in [2.75, 3.05) is 13.7 Å². The number of thiazole rings is 2. The Morgan fingerprint density at radius 1 is 1.12 bits per heavy atom. The van der Waals surface area contributed by atoms with E-state index in [9.17, 15) is 24.3 Å². The maximum atomic E-state index is 13.3. The van der Waals surface area contributed by atoms with Gasteiger partial charge in [0.05, 0.1) is 18.9 Å². The first-order valence-corrected chi connectivity index (χ1v) is 19.9. The van der Waals surface area contributed by atoms with Crippen LogP contribution in [0.3, 0.4) is 0 Å². The van der Waals surface area contributed by atoms with Crippen LogP contribution in [0.1, 0.15) is 61.2 Å². The largest absolute Gasteiger partial charge is 0.480 e. The van der Waals surface area contributed by atoms with Crippen LogP contribution >= 0.6 is 38.6 Å². The minimum atomic E-state index is -1.53. The molecule has 2 amide bonds. The van der Waals surface area contributed by atoms with Gasteiger partial charge in [-0.15, -0.1) is 22.7 Å². The SMILES string of the molecule is CC(C)[C@@H](C(=O)OCC[Si](C)(C)C)N(C)C(=O)c1nc(CO[C@H](c2nc(Br)cs2)[C@H](NC(=O)OC(C)(C)C)C(=O)O)cs1. The molecular formula is C27H41BrN4O8S2Si. The topological polar surface area (TPSA) is 157 Å². The van der Waals surface area contributed by atoms with Crippen molar-refractivity contribution in [3.63, 3.8) is 0 Å². The fourth-order valence-electron chi connectivity index (χ4n) is 3.75. The number of nitrogens with zero attached hydrogens (tertiary/aromatic N) is 3. The third kappa shape index (κ3) is 11.9. The zero-order valence-corrected chi connectivity index (χ0v) is 30.1. The van der Waals surface area contributed by atoms with Crippen LogP contribution in [0, 0.1) is 5.92 Å². The van der Waals surface area contributed by atoms with Crippen LogP contribution in [0.25, 0.3) is 0 Å². The number of halogens is 1. The summed E-state index contributed by atoms with van der Waals surface area (Å²) < 4.78 is 17.2. The number of rotatable bonds is 14. The smallest absolute Gasteiger partial charge is 0.408 e. The Kier molecular flexibility index (Phi) is 13.3. The second kappa shape index (κ2) is 15.5. The highest BCUT2D eigenvalue weighted by molar-refractivity contribution is 9.10. The first kappa shape index (κ1) is 36.8. The number of likely N-dealkylation sites (N-methyl/N-ethyl adjacent to an activating group) is 1. The highest BCUT2D eigenvalue weighted by Crippen LogP contribution is 2.29. The van der Waals surface area contributed by atoms with Gasteiger partial charge in [0, 0.05) is 25.9 Å². The molecule has 0 bridgehead atoms. The van der Waals surface area contributed by atoms with Crippen molar-refractivity contribution >= 4 is 70.6 Å². The minimum Gasteiger partial charge on any atom is -0.480 e. The van der Waals surface area contributed by atoms with Gasteiger partial charge in [0.2, 0.25) is 0 Å². The van der Waals surface area contributed by atoms with Crippen LogP contribution in [-0.4, -0.2) is 83.3 Å². The predicted octanol–water partition coefficient (Wildman–Crippen LogP) is 5.58. The van der Waals surface area contributed by atoms with Crippen molar-refractivity contribution in [1.82, 2.24) is 20.2 Å². The molecule has 0 fully saturated rings. The molecule has 0 unspecified atom stereocenters. The second-order valence-electron chi connectivity index (χ2n) is 12.4. The molecule has 2 rings (SSSR count). The molecule has 0 aliphatic carbocycles. The maximum absolute atomic E-state index is 13.3. The molecule has 0 saturated heterocycles. The molecule has 0 saturated carbocycles. The predicted molar refractivity (Wildman–Crippen MR) is 170 cm³/mol. The van der Waals surface area contributed by atoms with E-state index in [0.717, 1.165) is 28.7 Å². The summed E-state index contributed by atoms with van der Waals surface area (Å²) in [5.41, 5.74) is -0.480. The van der Waals surface area contributed by atoms with Crippen LogP contribution in [0.4, 0.5) is 4.79 Å². The monoisotopic (exact) mass is 720 g/mol. The van der Waals surface area contributed by atoms with Crippen LogP contribution in [0.15, 0.2) is 15.4 Å². The number of nitrogens with one attached hydrogen (secondary N) is 1. The number of hydrogen-bond acceptors (Lipinski definition) is 11. The first-order valence-electron chi connectivity index (χ1n) is 13.6. The zero-order valence-electron chi connectivity index (χ0n) is 25.9. The summed E-state index contributed by atoms with van der Waals surface area (Å²) in [6.07, 6.45) is -2.12. The van der Waals surface area contributed by atoms with E-state index in [1.807, 2.05) is 13.8 Å². The maximum Gasteiger partial charge on any atom is 0.408 e. The number of carboxylic acids is 1. The second-order valence-corrected chi connectivity index (χ2v) is 20.6. The van der Waals surface area contributed by atoms with E-state index in [4.69, 9.17) is 14.2 Å². The number of esters is 1. The Hall–Kier alpha value is -2.40. The molecule has 3 atom stereocenters. The number of carboxylic acid groups (broad SMARTS) is 1. The lowest BCUT2D eigenvalue weighted by Crippen LogP contribution is -2.47. The lowest BCUT2D eigenvalue weighted by molar-refractivity contribution is -0.149. The van der Waals surface area contributed by atoms with Gasteiger partial charge in [0.15, 0.2) is 11.0 Å². The highest BCUT2D eigenvalue weighted by Gasteiger charge is 2.36. The Balaban J connectivity index is 2.19. The van der Waals surface area contributed by atoms with Gasteiger partial charge >= 0.3 is 18.0 Å². The molecule has 43 heavy (non-hydrogen) atoms. The number of ether oxygens (including phenoxy) is 3. The number of carbonyl (C=O) groups is 4. The van der Waals surface area contributed by atoms with Gasteiger partial charge < -0.3 is 29.5 Å². The summed E-state index contributed by atoms with van der Waals surface area (Å²) in [6, 6.07) is -1.50. The fraction of sp³-hybridized carbons (Fsp3) is 0.630. The van der Waals surface area contributed by atoms with E-state index in [0.29, 0.717) is 21.9 Å². The van der Waals surface area contributed by atoms with E-state index in [-0.39, 0.29) is 17.5 Å². The van der Waals surface area contributed by atoms with Gasteiger partial charge in [0.25, 0.3) is 5.91 Å². The van der Waals surface area contributed by atoms with Gasteiger partial charge in [-0.1, -0.05) is 33.5 Å². The Labute approximate surface area is 269 Å². The lowest BCUT2D eigenvalue weighted by Gasteiger charge is -2.29. The average molecular weight is 722 g/mol. The Morgan fingerprint density at radius 3 is 2.28 bits per heavy atom. The van der Waals surface area contributed by atoms with Crippen LogP contribution < -0.4 is 5.32 Å². The molecule has 240 valence electrons. The molecule has 0 aliphatic heterocycles. The number of amides is 2. The summed E-state index contributed by atoms with van der Waals surface area (Å²) in [5.74, 6) is -2.46. The van der Waals surface area contributed by atoms with E-state index >= 15 is 0 Å². The van der Waals surface area contributed by atoms with Crippen molar-refractivity contribution in [1.29, 1.82) is 0 Å². The number of carbonyl (C=O) groups excluding carboxylic acids is 3. The fourth-order valence-corrected chi connectivity index (χ4v) is 6.60. The summed E-state index contributed by atoms with van der Waals surface area (Å²) in [7, 11) is 0.146. The molecule has 0 aliphatic rings. The third-order valence-electron chi connectivity index (χ3n) is 5.83. The number of aliphatic carboxylic acids is 1. The van der Waals surface area contributed by atoms with Gasteiger partial charge in [-0.2, -0.15) is 0 Å². The number of hydrogen-bond donors (Lipinski definition) is 2. The van der Waals surface area contributed by atoms with E-state index < -0.39 is 55.8 Å². The zero-order chi connectivity index (χ0) is 32.7. The Morgan fingerprint density at radius 2 is 1.77 bits per heavy atom. The van der Waals surface area contributed by atoms with Crippen molar-refractivity contribution < 1.29 is 38.5 Å². The van der Waals surface area contributed by atoms with E-state index in [1.165, 1.54) is 4.90 Å². The summed E-state index contributed by atoms with van der Waals surface area (Å²) >= 11 is 5.49. The van der Waals surface area contributed by atoms with Crippen LogP contribution in [0.5, 0.6) is 0 Å². The first-order chi connectivity index (χ1) is 19.8. The lowest BCUT2D eigenvalue weighted by atomic mass is 10.0. The van der Waals surface area contributed by atoms with E-state index in [1.54, 1.807) is 38.6 Å². The standard InChI is InChI=1S/C27H41BrN4O8S2Si/c1-15(2)19(25(36)38-10-11-43(7,8)9)32(6)23(33)22-29-16(13-41-22)12-39-20(21-30-17(28)14-42-21)18(24(34)35)31-26(37)40-27(3,4)5/h13-15,18-20H,10-12H2,1-9H3,(H,31,37)(H,34,35)/t18-,19-,20-/m0/s1. The quantitative estimate of drug-likeness (QED) is 0.187. The third-order valence-corrected chi connectivity index (χ3v) is 10.0. The normalized spacial score (nSPS) is 14.1. The van der Waals surface area contributed by atoms with Gasteiger partial charge in [-0.05, 0) is 48.7 Å². The molecule has 0 aromatic carbocycles. The number of aromatic nitrogens is 2. The molecule has 2 aromatic rings. The van der Waals surface area contributed by atoms with Crippen LogP contribution in [0.2, 0.25) is 25.7 Å². The van der Waals surface area contributed by atoms with Crippen LogP contribution in [-0.2, 0) is 30.4 Å². The van der Waals surface area contributed by atoms with Crippen molar-refractivity contribution in [3.8, 4) is 0 Å². The van der Waals surface area contributed by atoms with Crippen molar-refractivity contribution in [2.45, 2.75) is 90.7 Å². The average Bonchev–Trinajstić information content (AvgIpc) is 3.50. The summed E-state index contributed by atoms with van der Waals surface area (Å²) in [4.78, 5) is 60.9. The Bertz CT molecular complexity index is 1270. The van der Waals surface area contributed by atoms with Gasteiger partial charge in [0.1, 0.15) is 27.4 Å². The van der Waals surface area contributed by atoms with Gasteiger partial charge in [-0.25, -0.2) is 24.4 Å². The molecule has 0 radical (unpaired) electrons. The molecule has 2 N–H and O–H groups in total. The van der Waals surface area contributed by atoms with Crippen molar-refractivity contribution in [3.05, 3.63) is 31.1 Å². The molecule has 2 aromatic heterocycles. The summed E-state index contributed by atoms with van der Waals surface area (Å²) in [5, 5.41) is 16.0. The van der Waals surface area contributed by atoms with E-state index in [2.05, 4.69) is 50.9 Å². The number of alkyl carbamates (subject to hydrolysis) is 1. The minimum absolute atomic E-state index is 0.136. The molecular weight excluding hydrogens is 680 g/mol. The molecule has 0 spiro atoms. The molecule has 2 heterocycles.